The summed E-state index contributed by atoms with van der Waals surface area (Å²) in [6.07, 6.45) is 0. The van der Waals surface area contributed by atoms with E-state index in [0.717, 1.165) is 35.1 Å². The summed E-state index contributed by atoms with van der Waals surface area (Å²) in [5, 5.41) is 0. The van der Waals surface area contributed by atoms with Crippen LogP contribution < -0.4 is 9.47 Å². The smallest absolute Gasteiger partial charge is 0.254 e. The van der Waals surface area contributed by atoms with Crippen LogP contribution in [0.15, 0.2) is 48.5 Å². The van der Waals surface area contributed by atoms with E-state index >= 15 is 0 Å². The minimum atomic E-state index is 0.0683. The summed E-state index contributed by atoms with van der Waals surface area (Å²) >= 11 is 1.89. The van der Waals surface area contributed by atoms with Crippen LogP contribution in [0.3, 0.4) is 0 Å². The number of rotatable bonds is 4. The van der Waals surface area contributed by atoms with Gasteiger partial charge in [-0.25, -0.2) is 0 Å². The fraction of sp³-hybridized carbons (Fsp3) is 0.316. The molecule has 2 aromatic rings. The van der Waals surface area contributed by atoms with Gasteiger partial charge in [-0.15, -0.1) is 0 Å². The molecule has 5 heteroatoms. The second-order valence-electron chi connectivity index (χ2n) is 5.59. The molecule has 0 radical (unpaired) electrons. The lowest BCUT2D eigenvalue weighted by molar-refractivity contribution is 0.0701. The van der Waals surface area contributed by atoms with Gasteiger partial charge in [-0.2, -0.15) is 11.8 Å². The third kappa shape index (κ3) is 3.51. The van der Waals surface area contributed by atoms with Crippen molar-refractivity contribution in [3.05, 3.63) is 59.7 Å². The van der Waals surface area contributed by atoms with Crippen LogP contribution >= 0.6 is 11.8 Å². The van der Waals surface area contributed by atoms with Crippen LogP contribution in [-0.2, 0) is 0 Å². The molecule has 0 N–H and O–H groups in total. The molecule has 3 rings (SSSR count). The molecule has 4 nitrogen and oxygen atoms in total. The van der Waals surface area contributed by atoms with E-state index in [-0.39, 0.29) is 11.9 Å². The third-order valence-corrected chi connectivity index (χ3v) is 5.25. The number of carbonyl (C=O) groups excluding carboxylic acids is 1. The molecule has 0 spiro atoms. The second-order valence-corrected chi connectivity index (χ2v) is 6.74. The molecule has 0 aromatic heterocycles. The van der Waals surface area contributed by atoms with Crippen LogP contribution in [0.5, 0.6) is 11.5 Å². The van der Waals surface area contributed by atoms with Crippen LogP contribution in [0.2, 0.25) is 0 Å². The number of hydrogen-bond acceptors (Lipinski definition) is 4. The Hall–Kier alpha value is -2.14. The van der Waals surface area contributed by atoms with Crippen LogP contribution in [0.4, 0.5) is 0 Å². The van der Waals surface area contributed by atoms with Crippen LogP contribution in [0, 0.1) is 0 Å². The normalized spacial score (nSPS) is 17.4. The molecule has 1 fully saturated rings. The second kappa shape index (κ2) is 7.62. The molecule has 0 aliphatic carbocycles. The fourth-order valence-electron chi connectivity index (χ4n) is 2.85. The van der Waals surface area contributed by atoms with Crippen molar-refractivity contribution in [2.75, 3.05) is 32.3 Å². The number of nitrogens with zero attached hydrogens (tertiary/aromatic N) is 1. The van der Waals surface area contributed by atoms with Crippen molar-refractivity contribution in [2.45, 2.75) is 6.04 Å². The van der Waals surface area contributed by atoms with E-state index < -0.39 is 0 Å². The Morgan fingerprint density at radius 1 is 1.00 bits per heavy atom. The van der Waals surface area contributed by atoms with Gasteiger partial charge in [0, 0.05) is 23.6 Å². The number of hydrogen-bond donors (Lipinski definition) is 0. The van der Waals surface area contributed by atoms with E-state index in [0.29, 0.717) is 5.56 Å². The lowest BCUT2D eigenvalue weighted by atomic mass is 10.0. The fourth-order valence-corrected chi connectivity index (χ4v) is 3.94. The van der Waals surface area contributed by atoms with Crippen molar-refractivity contribution < 1.29 is 14.3 Å². The van der Waals surface area contributed by atoms with Gasteiger partial charge in [0.05, 0.1) is 20.3 Å². The van der Waals surface area contributed by atoms with Gasteiger partial charge in [-0.1, -0.05) is 12.1 Å². The zero-order valence-corrected chi connectivity index (χ0v) is 14.7. The number of benzene rings is 2. The first-order valence-corrected chi connectivity index (χ1v) is 9.05. The molecule has 1 aliphatic heterocycles. The van der Waals surface area contributed by atoms with Gasteiger partial charge in [-0.3, -0.25) is 4.79 Å². The molecular formula is C19H21NO3S. The van der Waals surface area contributed by atoms with Crippen molar-refractivity contribution in [1.82, 2.24) is 4.90 Å². The maximum absolute atomic E-state index is 13.0. The minimum Gasteiger partial charge on any atom is -0.497 e. The average Bonchev–Trinajstić information content (AvgIpc) is 2.67. The minimum absolute atomic E-state index is 0.0683. The number of thioether (sulfide) groups is 1. The first-order valence-electron chi connectivity index (χ1n) is 7.89. The highest BCUT2D eigenvalue weighted by molar-refractivity contribution is 7.99. The summed E-state index contributed by atoms with van der Waals surface area (Å²) < 4.78 is 10.4. The Labute approximate surface area is 146 Å². The summed E-state index contributed by atoms with van der Waals surface area (Å²) in [4.78, 5) is 14.9. The topological polar surface area (TPSA) is 38.8 Å². The summed E-state index contributed by atoms with van der Waals surface area (Å²) in [5.41, 5.74) is 1.84. The van der Waals surface area contributed by atoms with Gasteiger partial charge in [0.2, 0.25) is 0 Å². The summed E-state index contributed by atoms with van der Waals surface area (Å²) in [5.74, 6) is 3.53. The summed E-state index contributed by atoms with van der Waals surface area (Å²) in [6.45, 7) is 0.756. The zero-order chi connectivity index (χ0) is 16.9. The van der Waals surface area contributed by atoms with E-state index in [2.05, 4.69) is 0 Å². The molecule has 1 amide bonds. The molecule has 1 heterocycles. The maximum Gasteiger partial charge on any atom is 0.254 e. The van der Waals surface area contributed by atoms with E-state index in [1.165, 1.54) is 0 Å². The molecule has 2 aromatic carbocycles. The van der Waals surface area contributed by atoms with Gasteiger partial charge in [0.15, 0.2) is 0 Å². The van der Waals surface area contributed by atoms with Gasteiger partial charge < -0.3 is 14.4 Å². The molecule has 126 valence electrons. The predicted molar refractivity (Wildman–Crippen MR) is 97.1 cm³/mol. The van der Waals surface area contributed by atoms with Crippen molar-refractivity contribution in [2.24, 2.45) is 0 Å². The first kappa shape index (κ1) is 16.7. The number of methoxy groups -OCH3 is 2. The molecule has 1 atom stereocenters. The van der Waals surface area contributed by atoms with Crippen LogP contribution in [0.1, 0.15) is 22.0 Å². The Morgan fingerprint density at radius 3 is 2.17 bits per heavy atom. The number of ether oxygens (including phenoxy) is 2. The Balaban J connectivity index is 1.83. The summed E-state index contributed by atoms with van der Waals surface area (Å²) in [6, 6.07) is 15.4. The van der Waals surface area contributed by atoms with Gasteiger partial charge in [0.1, 0.15) is 11.5 Å². The van der Waals surface area contributed by atoms with E-state index in [1.54, 1.807) is 14.2 Å². The average molecular weight is 343 g/mol. The van der Waals surface area contributed by atoms with Crippen molar-refractivity contribution in [3.63, 3.8) is 0 Å². The highest BCUT2D eigenvalue weighted by atomic mass is 32.2. The Kier molecular flexibility index (Phi) is 5.30. The van der Waals surface area contributed by atoms with E-state index in [9.17, 15) is 4.79 Å². The van der Waals surface area contributed by atoms with E-state index in [4.69, 9.17) is 9.47 Å². The quantitative estimate of drug-likeness (QED) is 0.850. The molecule has 0 bridgehead atoms. The van der Waals surface area contributed by atoms with Gasteiger partial charge in [-0.05, 0) is 42.0 Å². The highest BCUT2D eigenvalue weighted by Gasteiger charge is 2.29. The molecule has 0 saturated carbocycles. The van der Waals surface area contributed by atoms with Crippen molar-refractivity contribution in [3.8, 4) is 11.5 Å². The standard InChI is InChI=1S/C19H21NO3S/c1-22-16-7-3-14(4-8-16)18-13-24-12-11-20(18)19(21)15-5-9-17(23-2)10-6-15/h3-10,18H,11-13H2,1-2H3/t18-/m0/s1. The lowest BCUT2D eigenvalue weighted by Crippen LogP contribution is -2.40. The Morgan fingerprint density at radius 2 is 1.58 bits per heavy atom. The third-order valence-electron chi connectivity index (χ3n) is 4.23. The van der Waals surface area contributed by atoms with Gasteiger partial charge in [0.25, 0.3) is 5.91 Å². The van der Waals surface area contributed by atoms with Gasteiger partial charge >= 0.3 is 0 Å². The molecule has 1 saturated heterocycles. The SMILES string of the molecule is COc1ccc(C(=O)N2CCSC[C@H]2c2ccc(OC)cc2)cc1. The predicted octanol–water partition coefficient (Wildman–Crippen LogP) is 3.63. The summed E-state index contributed by atoms with van der Waals surface area (Å²) in [7, 11) is 3.28. The van der Waals surface area contributed by atoms with Crippen LogP contribution in [0.25, 0.3) is 0 Å². The van der Waals surface area contributed by atoms with Crippen molar-refractivity contribution in [1.29, 1.82) is 0 Å². The lowest BCUT2D eigenvalue weighted by Gasteiger charge is -2.36. The highest BCUT2D eigenvalue weighted by Crippen LogP contribution is 2.32. The monoisotopic (exact) mass is 343 g/mol. The first-order chi connectivity index (χ1) is 11.7. The zero-order valence-electron chi connectivity index (χ0n) is 13.9. The largest absolute Gasteiger partial charge is 0.497 e. The Bertz CT molecular complexity index is 685. The molecular weight excluding hydrogens is 322 g/mol. The number of carbonyl (C=O) groups is 1. The molecule has 0 unspecified atom stereocenters. The number of amides is 1. The molecule has 24 heavy (non-hydrogen) atoms. The maximum atomic E-state index is 13.0. The van der Waals surface area contributed by atoms with Crippen molar-refractivity contribution >= 4 is 17.7 Å². The molecule has 1 aliphatic rings. The van der Waals surface area contributed by atoms with E-state index in [1.807, 2.05) is 65.2 Å². The van der Waals surface area contributed by atoms with Crippen LogP contribution in [-0.4, -0.2) is 43.1 Å².